The largest absolute Gasteiger partial charge is 0.386 e. The normalized spacial score (nSPS) is 63.5. The summed E-state index contributed by atoms with van der Waals surface area (Å²) in [4.78, 5) is 0. The molecule has 0 amide bonds. The molecule has 0 aromatic heterocycles. The zero-order chi connectivity index (χ0) is 32.3. The molecule has 19 nitrogen and oxygen atoms in total. The van der Waals surface area contributed by atoms with Gasteiger partial charge in [-0.25, -0.2) is 0 Å². The first kappa shape index (κ1) is 33.1. The van der Waals surface area contributed by atoms with Gasteiger partial charge < -0.3 is 108 Å². The van der Waals surface area contributed by atoms with E-state index in [1.54, 1.807) is 6.08 Å². The number of hydrogen-bond donors (Lipinski definition) is 19. The molecular formula is C22H51IN18O. The maximum absolute atomic E-state index is 12.3. The Labute approximate surface area is 257 Å². The Morgan fingerprint density at radius 1 is 0.595 bits per heavy atom. The van der Waals surface area contributed by atoms with Crippen LogP contribution in [-0.2, 0) is 0 Å². The lowest BCUT2D eigenvalue weighted by molar-refractivity contribution is -0.165. The first-order chi connectivity index (χ1) is 18.8. The van der Waals surface area contributed by atoms with Crippen molar-refractivity contribution in [3.63, 3.8) is 0 Å². The van der Waals surface area contributed by atoms with Crippen LogP contribution in [0.5, 0.6) is 0 Å². The highest BCUT2D eigenvalue weighted by Gasteiger charge is 2.82. The minimum Gasteiger partial charge on any atom is -0.386 e. The molecule has 0 aliphatic heterocycles. The van der Waals surface area contributed by atoms with E-state index in [4.69, 9.17) is 103 Å². The lowest BCUT2D eigenvalue weighted by Gasteiger charge is -2.77. The summed E-state index contributed by atoms with van der Waals surface area (Å²) in [5.41, 5.74) is 111. The number of halogens is 1. The lowest BCUT2D eigenvalue weighted by atomic mass is 9.36. The van der Waals surface area contributed by atoms with E-state index in [2.05, 4.69) is 0 Å². The fraction of sp³-hybridized carbons (Fsp3) is 0.909. The smallest absolute Gasteiger partial charge is 0.117 e. The van der Waals surface area contributed by atoms with E-state index in [-0.39, 0.29) is 5.57 Å². The standard InChI is InChI=1S/C22H51IN18O/c23-21(39)15(33)13(31)17(42)6(22(21,40)41)2-1-3(24)7-16(34)8(20(37,38)11(29)5(26)9(16)27)4(25)10(28)19(7,36)18(2,35)14(32)12(17)30/h1,3-15,42H,24-41H2. The van der Waals surface area contributed by atoms with Crippen LogP contribution < -0.4 is 103 Å². The second kappa shape index (κ2) is 8.95. The number of fused-ring (bicyclic) bond motifs is 7. The highest BCUT2D eigenvalue weighted by Crippen LogP contribution is 2.62. The van der Waals surface area contributed by atoms with Gasteiger partial charge in [-0.2, -0.15) is 0 Å². The van der Waals surface area contributed by atoms with Crippen LogP contribution in [0.3, 0.4) is 0 Å². The van der Waals surface area contributed by atoms with Crippen molar-refractivity contribution in [1.82, 2.24) is 0 Å². The fourth-order valence-corrected chi connectivity index (χ4v) is 10.5. The molecule has 20 heteroatoms. The maximum Gasteiger partial charge on any atom is 0.117 e. The molecule has 4 saturated carbocycles. The molecular weight excluding hydrogens is 659 g/mol. The number of hydrogen-bond acceptors (Lipinski definition) is 19. The van der Waals surface area contributed by atoms with Gasteiger partial charge in [0, 0.05) is 59.5 Å². The van der Waals surface area contributed by atoms with E-state index < -0.39 is 115 Å². The molecule has 0 radical (unpaired) electrons. The molecule has 0 aromatic carbocycles. The Morgan fingerprint density at radius 3 is 1.62 bits per heavy atom. The highest BCUT2D eigenvalue weighted by molar-refractivity contribution is 14.1. The SMILES string of the molecule is NC1C=C2C3C(O)(C(N)C(N)C(N)(I)C3(N)N)C(N)C(N)C2(N)C2(N)C(N)C(N)C3C(N)(N)C(N)C(N)C(N)C3(N)C12. The van der Waals surface area contributed by atoms with Crippen molar-refractivity contribution in [2.75, 3.05) is 0 Å². The number of aliphatic hydroxyl groups is 1. The van der Waals surface area contributed by atoms with Crippen molar-refractivity contribution in [3.05, 3.63) is 11.6 Å². The summed E-state index contributed by atoms with van der Waals surface area (Å²) in [5.74, 6) is -3.49. The zero-order valence-electron chi connectivity index (χ0n) is 23.3. The molecule has 0 heterocycles. The van der Waals surface area contributed by atoms with Gasteiger partial charge in [-0.05, 0) is 5.57 Å². The molecule has 4 fully saturated rings. The highest BCUT2D eigenvalue weighted by atomic mass is 127. The Bertz CT molecular complexity index is 1190. The van der Waals surface area contributed by atoms with Crippen LogP contribution in [0.2, 0.25) is 0 Å². The molecule has 0 spiro atoms. The lowest BCUT2D eigenvalue weighted by Crippen LogP contribution is -3.03. The zero-order valence-corrected chi connectivity index (χ0v) is 25.5. The van der Waals surface area contributed by atoms with Crippen molar-refractivity contribution in [3.8, 4) is 0 Å². The van der Waals surface area contributed by atoms with Crippen molar-refractivity contribution < 1.29 is 5.11 Å². The quantitative estimate of drug-likeness (QED) is 0.0365. The number of nitrogens with two attached hydrogens (primary N) is 18. The Morgan fingerprint density at radius 2 is 1.10 bits per heavy atom. The van der Waals surface area contributed by atoms with E-state index in [9.17, 15) is 5.11 Å². The van der Waals surface area contributed by atoms with Gasteiger partial charge in [0.2, 0.25) is 0 Å². The van der Waals surface area contributed by atoms with Crippen LogP contribution in [-0.4, -0.2) is 103 Å². The van der Waals surface area contributed by atoms with Gasteiger partial charge in [0.05, 0.1) is 40.9 Å². The van der Waals surface area contributed by atoms with Gasteiger partial charge in [0.25, 0.3) is 0 Å². The van der Waals surface area contributed by atoms with Crippen LogP contribution >= 0.6 is 22.6 Å². The predicted octanol–water partition coefficient (Wildman–Crippen LogP) is -11.8. The molecule has 0 aromatic rings. The van der Waals surface area contributed by atoms with E-state index in [0.29, 0.717) is 0 Å². The molecule has 0 saturated heterocycles. The van der Waals surface area contributed by atoms with Gasteiger partial charge in [0.1, 0.15) is 14.8 Å². The summed E-state index contributed by atoms with van der Waals surface area (Å²) in [6, 6.07) is -11.7. The van der Waals surface area contributed by atoms with Gasteiger partial charge in [-0.15, -0.1) is 0 Å². The topological polar surface area (TPSA) is 489 Å². The first-order valence-corrected chi connectivity index (χ1v) is 14.9. The molecule has 5 aliphatic rings. The van der Waals surface area contributed by atoms with Crippen LogP contribution in [0.1, 0.15) is 0 Å². The minimum absolute atomic E-state index is 0.145. The number of rotatable bonds is 0. The molecule has 0 bridgehead atoms. The van der Waals surface area contributed by atoms with Crippen LogP contribution in [0.25, 0.3) is 0 Å². The average molecular weight is 711 g/mol. The molecule has 242 valence electrons. The van der Waals surface area contributed by atoms with Crippen LogP contribution in [0, 0.1) is 17.8 Å². The summed E-state index contributed by atoms with van der Waals surface area (Å²) >= 11 is 1.82. The van der Waals surface area contributed by atoms with Crippen LogP contribution in [0.4, 0.5) is 0 Å². The fourth-order valence-electron chi connectivity index (χ4n) is 9.77. The Hall–Kier alpha value is -0.290. The molecule has 42 heavy (non-hydrogen) atoms. The van der Waals surface area contributed by atoms with Gasteiger partial charge in [0.15, 0.2) is 0 Å². The van der Waals surface area contributed by atoms with E-state index in [1.165, 1.54) is 0 Å². The number of alkyl halides is 1. The van der Waals surface area contributed by atoms with Crippen molar-refractivity contribution in [1.29, 1.82) is 0 Å². The van der Waals surface area contributed by atoms with E-state index in [0.717, 1.165) is 0 Å². The Balaban J connectivity index is 1.85. The summed E-state index contributed by atoms with van der Waals surface area (Å²) in [7, 11) is 0. The monoisotopic (exact) mass is 710 g/mol. The third kappa shape index (κ3) is 3.14. The third-order valence-corrected chi connectivity index (χ3v) is 13.8. The van der Waals surface area contributed by atoms with E-state index in [1.807, 2.05) is 22.6 Å². The second-order valence-electron chi connectivity index (χ2n) is 13.8. The summed E-state index contributed by atoms with van der Waals surface area (Å²) in [6.07, 6.45) is 1.54. The molecule has 18 atom stereocenters. The maximum atomic E-state index is 12.3. The van der Waals surface area contributed by atoms with Gasteiger partial charge in [-0.3, -0.25) is 0 Å². The van der Waals surface area contributed by atoms with Gasteiger partial charge in [-0.1, -0.05) is 28.7 Å². The van der Waals surface area contributed by atoms with Crippen molar-refractivity contribution in [2.24, 2.45) is 121 Å². The minimum atomic E-state index is -2.11. The predicted molar refractivity (Wildman–Crippen MR) is 167 cm³/mol. The van der Waals surface area contributed by atoms with Crippen molar-refractivity contribution in [2.45, 2.75) is 97.5 Å². The summed E-state index contributed by atoms with van der Waals surface area (Å²) in [6.45, 7) is 0. The Kier molecular flexibility index (Phi) is 7.05. The average Bonchev–Trinajstić information content (AvgIpc) is 2.88. The third-order valence-electron chi connectivity index (χ3n) is 12.2. The second-order valence-corrected chi connectivity index (χ2v) is 15.6. The van der Waals surface area contributed by atoms with Crippen molar-refractivity contribution >= 4 is 22.6 Å². The summed E-state index contributed by atoms with van der Waals surface area (Å²) in [5, 5.41) is 12.3. The molecule has 37 N–H and O–H groups in total. The summed E-state index contributed by atoms with van der Waals surface area (Å²) < 4.78 is -1.59. The first-order valence-electron chi connectivity index (χ1n) is 13.8. The molecule has 5 rings (SSSR count). The molecule has 5 aliphatic carbocycles. The van der Waals surface area contributed by atoms with Gasteiger partial charge >= 0.3 is 0 Å². The van der Waals surface area contributed by atoms with Crippen LogP contribution in [0.15, 0.2) is 11.6 Å². The van der Waals surface area contributed by atoms with E-state index >= 15 is 0 Å². The molecule has 18 unspecified atom stereocenters.